The van der Waals surface area contributed by atoms with Crippen LogP contribution in [0.4, 0.5) is 0 Å². The minimum Gasteiger partial charge on any atom is -0.456 e. The lowest BCUT2D eigenvalue weighted by Gasteiger charge is -2.43. The zero-order chi connectivity index (χ0) is 20.5. The first-order valence-corrected chi connectivity index (χ1v) is 10.4. The number of hydrogen-bond acceptors (Lipinski definition) is 8. The number of carbonyl (C=O) groups excluding carboxylic acids is 2. The minimum absolute atomic E-state index is 0.0414. The molecule has 8 heteroatoms. The molecule has 0 radical (unpaired) electrons. The summed E-state index contributed by atoms with van der Waals surface area (Å²) in [6.45, 7) is 3.18. The zero-order valence-electron chi connectivity index (χ0n) is 16.2. The summed E-state index contributed by atoms with van der Waals surface area (Å²) in [4.78, 5) is 23.4. The molecule has 28 heavy (non-hydrogen) atoms. The predicted molar refractivity (Wildman–Crippen MR) is 105 cm³/mol. The molecule has 2 rings (SSSR count). The quantitative estimate of drug-likeness (QED) is 0.560. The molecule has 156 valence electrons. The topological polar surface area (TPSA) is 102 Å². The second-order valence-electron chi connectivity index (χ2n) is 6.59. The van der Waals surface area contributed by atoms with Crippen LogP contribution in [0.3, 0.4) is 0 Å². The van der Waals surface area contributed by atoms with Crippen LogP contribution in [0.25, 0.3) is 0 Å². The Hall–Kier alpha value is -1.45. The Morgan fingerprint density at radius 3 is 2.50 bits per heavy atom. The van der Waals surface area contributed by atoms with E-state index in [4.69, 9.17) is 14.2 Å². The van der Waals surface area contributed by atoms with Crippen LogP contribution < -0.4 is 0 Å². The number of ether oxygens (including phenoxy) is 3. The third-order valence-corrected chi connectivity index (χ3v) is 5.40. The number of aliphatic hydroxyl groups is 2. The molecule has 1 aromatic carbocycles. The number of carbonyl (C=O) groups is 2. The summed E-state index contributed by atoms with van der Waals surface area (Å²) in [6.07, 6.45) is -3.66. The normalized spacial score (nSPS) is 27.4. The van der Waals surface area contributed by atoms with Crippen LogP contribution in [0.2, 0.25) is 0 Å². The molecule has 1 aliphatic heterocycles. The first-order valence-electron chi connectivity index (χ1n) is 9.36. The SMILES string of the molecule is CCS[C@@H]1O[C@H](CO)[C@@H](O)[C@H](OCc2ccccc2)[C@H]1OC(=O)CCC(C)=O. The van der Waals surface area contributed by atoms with E-state index in [1.807, 2.05) is 37.3 Å². The van der Waals surface area contributed by atoms with Crippen LogP contribution in [0.5, 0.6) is 0 Å². The summed E-state index contributed by atoms with van der Waals surface area (Å²) < 4.78 is 17.2. The van der Waals surface area contributed by atoms with E-state index in [2.05, 4.69) is 0 Å². The molecule has 2 N–H and O–H groups in total. The smallest absolute Gasteiger partial charge is 0.306 e. The summed E-state index contributed by atoms with van der Waals surface area (Å²) in [5.41, 5.74) is 0.315. The van der Waals surface area contributed by atoms with Crippen molar-refractivity contribution in [3.05, 3.63) is 35.9 Å². The third kappa shape index (κ3) is 6.56. The predicted octanol–water partition coefficient (Wildman–Crippen LogP) is 1.68. The molecule has 7 nitrogen and oxygen atoms in total. The van der Waals surface area contributed by atoms with Crippen molar-refractivity contribution in [3.8, 4) is 0 Å². The summed E-state index contributed by atoms with van der Waals surface area (Å²) in [5.74, 6) is 0.0354. The highest BCUT2D eigenvalue weighted by atomic mass is 32.2. The molecular weight excluding hydrogens is 384 g/mol. The Morgan fingerprint density at radius 2 is 1.89 bits per heavy atom. The van der Waals surface area contributed by atoms with Crippen LogP contribution in [-0.2, 0) is 30.4 Å². The highest BCUT2D eigenvalue weighted by Crippen LogP contribution is 2.32. The number of ketones is 1. The average molecular weight is 413 g/mol. The van der Waals surface area contributed by atoms with Crippen molar-refractivity contribution >= 4 is 23.5 Å². The van der Waals surface area contributed by atoms with Crippen LogP contribution in [0.1, 0.15) is 32.3 Å². The number of esters is 1. The number of thioether (sulfide) groups is 1. The Labute approximate surface area is 169 Å². The van der Waals surface area contributed by atoms with Gasteiger partial charge in [0.1, 0.15) is 29.5 Å². The number of benzene rings is 1. The summed E-state index contributed by atoms with van der Waals surface area (Å²) in [5, 5.41) is 20.2. The molecule has 1 heterocycles. The molecule has 0 aromatic heterocycles. The van der Waals surface area contributed by atoms with Gasteiger partial charge in [0.25, 0.3) is 0 Å². The fourth-order valence-electron chi connectivity index (χ4n) is 2.91. The fourth-order valence-corrected chi connectivity index (χ4v) is 3.86. The van der Waals surface area contributed by atoms with E-state index in [1.54, 1.807) is 0 Å². The second kappa shape index (κ2) is 11.5. The first kappa shape index (κ1) is 22.8. The van der Waals surface area contributed by atoms with Gasteiger partial charge in [0.15, 0.2) is 6.10 Å². The van der Waals surface area contributed by atoms with Crippen molar-refractivity contribution in [3.63, 3.8) is 0 Å². The third-order valence-electron chi connectivity index (χ3n) is 4.36. The Bertz CT molecular complexity index is 624. The van der Waals surface area contributed by atoms with Gasteiger partial charge in [0.05, 0.1) is 19.6 Å². The average Bonchev–Trinajstić information content (AvgIpc) is 2.68. The van der Waals surface area contributed by atoms with Crippen molar-refractivity contribution in [2.45, 2.75) is 63.1 Å². The summed E-state index contributed by atoms with van der Waals surface area (Å²) in [7, 11) is 0. The molecule has 5 atom stereocenters. The van der Waals surface area contributed by atoms with Crippen molar-refractivity contribution in [2.75, 3.05) is 12.4 Å². The lowest BCUT2D eigenvalue weighted by Crippen LogP contribution is -2.59. The largest absolute Gasteiger partial charge is 0.456 e. The number of aliphatic hydroxyl groups excluding tert-OH is 2. The van der Waals surface area contributed by atoms with E-state index in [1.165, 1.54) is 18.7 Å². The van der Waals surface area contributed by atoms with Gasteiger partial charge >= 0.3 is 5.97 Å². The van der Waals surface area contributed by atoms with Crippen LogP contribution in [0.15, 0.2) is 30.3 Å². The highest BCUT2D eigenvalue weighted by Gasteiger charge is 2.48. The van der Waals surface area contributed by atoms with Gasteiger partial charge in [0, 0.05) is 6.42 Å². The van der Waals surface area contributed by atoms with E-state index < -0.39 is 35.8 Å². The monoisotopic (exact) mass is 412 g/mol. The maximum absolute atomic E-state index is 12.2. The Kier molecular flexibility index (Phi) is 9.40. The van der Waals surface area contributed by atoms with Crippen molar-refractivity contribution in [2.24, 2.45) is 0 Å². The number of Topliss-reactive ketones (excluding diaryl/α,β-unsaturated/α-hetero) is 1. The molecule has 1 fully saturated rings. The summed E-state index contributed by atoms with van der Waals surface area (Å²) in [6, 6.07) is 9.43. The van der Waals surface area contributed by atoms with Gasteiger partial charge in [-0.25, -0.2) is 0 Å². The highest BCUT2D eigenvalue weighted by molar-refractivity contribution is 7.99. The zero-order valence-corrected chi connectivity index (χ0v) is 17.0. The van der Waals surface area contributed by atoms with Gasteiger partial charge in [-0.05, 0) is 18.2 Å². The van der Waals surface area contributed by atoms with Crippen LogP contribution >= 0.6 is 11.8 Å². The molecule has 0 saturated carbocycles. The van der Waals surface area contributed by atoms with Gasteiger partial charge in [0.2, 0.25) is 0 Å². The Balaban J connectivity index is 2.15. The fraction of sp³-hybridized carbons (Fsp3) is 0.600. The van der Waals surface area contributed by atoms with Crippen molar-refractivity contribution in [1.29, 1.82) is 0 Å². The van der Waals surface area contributed by atoms with Crippen molar-refractivity contribution in [1.82, 2.24) is 0 Å². The van der Waals surface area contributed by atoms with Gasteiger partial charge in [-0.2, -0.15) is 0 Å². The van der Waals surface area contributed by atoms with Gasteiger partial charge < -0.3 is 29.2 Å². The first-order chi connectivity index (χ1) is 13.5. The standard InChI is InChI=1S/C20H28O7S/c1-3-28-20-19(27-16(23)10-9-13(2)22)18(17(24)15(11-21)26-20)25-12-14-7-5-4-6-8-14/h4-8,15,17-21,24H,3,9-12H2,1-2H3/t15-,17-,18+,19-,20+/m1/s1. The lowest BCUT2D eigenvalue weighted by atomic mass is 9.99. The van der Waals surface area contributed by atoms with E-state index in [9.17, 15) is 19.8 Å². The minimum atomic E-state index is -1.16. The molecule has 0 unspecified atom stereocenters. The van der Waals surface area contributed by atoms with E-state index in [0.29, 0.717) is 5.75 Å². The van der Waals surface area contributed by atoms with E-state index in [-0.39, 0.29) is 31.8 Å². The van der Waals surface area contributed by atoms with Gasteiger partial charge in [-0.15, -0.1) is 11.8 Å². The lowest BCUT2D eigenvalue weighted by molar-refractivity contribution is -0.233. The maximum Gasteiger partial charge on any atom is 0.306 e. The van der Waals surface area contributed by atoms with Crippen LogP contribution in [-0.4, -0.2) is 64.2 Å². The Morgan fingerprint density at radius 1 is 1.18 bits per heavy atom. The molecule has 0 bridgehead atoms. The molecule has 1 aromatic rings. The second-order valence-corrected chi connectivity index (χ2v) is 7.96. The molecule has 1 aliphatic rings. The molecule has 0 spiro atoms. The van der Waals surface area contributed by atoms with E-state index in [0.717, 1.165) is 5.56 Å². The van der Waals surface area contributed by atoms with E-state index >= 15 is 0 Å². The summed E-state index contributed by atoms with van der Waals surface area (Å²) >= 11 is 1.40. The molecule has 1 saturated heterocycles. The van der Waals surface area contributed by atoms with Gasteiger partial charge in [-0.1, -0.05) is 37.3 Å². The van der Waals surface area contributed by atoms with Crippen LogP contribution in [0, 0.1) is 0 Å². The van der Waals surface area contributed by atoms with Gasteiger partial charge in [-0.3, -0.25) is 4.79 Å². The molecular formula is C20H28O7S. The number of rotatable bonds is 10. The maximum atomic E-state index is 12.2. The molecule has 0 amide bonds. The molecule has 0 aliphatic carbocycles. The number of hydrogen-bond donors (Lipinski definition) is 2. The van der Waals surface area contributed by atoms with Crippen molar-refractivity contribution < 1.29 is 34.0 Å².